The van der Waals surface area contributed by atoms with Crippen molar-refractivity contribution in [2.75, 3.05) is 13.7 Å². The van der Waals surface area contributed by atoms with Gasteiger partial charge in [0.25, 0.3) is 0 Å². The van der Waals surface area contributed by atoms with Gasteiger partial charge in [-0.15, -0.1) is 0 Å². The van der Waals surface area contributed by atoms with Crippen LogP contribution >= 0.6 is 0 Å². The van der Waals surface area contributed by atoms with E-state index in [1.54, 1.807) is 7.11 Å². The first-order valence-electron chi connectivity index (χ1n) is 8.00. The standard InChI is InChI=1S/C17H21N3O3/c1-3-6-15(21)20-10-5-9-14(20)17-18-16(19-23-17)12-7-4-8-13(11-12)22-2/h4,7-8,11,14H,3,5-6,9-10H2,1-2H3. The maximum absolute atomic E-state index is 12.2. The molecule has 1 aliphatic rings. The van der Waals surface area contributed by atoms with Crippen molar-refractivity contribution >= 4 is 5.91 Å². The van der Waals surface area contributed by atoms with Crippen molar-refractivity contribution in [3.05, 3.63) is 30.2 Å². The van der Waals surface area contributed by atoms with Gasteiger partial charge in [0.05, 0.1) is 7.11 Å². The predicted molar refractivity (Wildman–Crippen MR) is 84.9 cm³/mol. The predicted octanol–water partition coefficient (Wildman–Crippen LogP) is 3.21. The average Bonchev–Trinajstić information content (AvgIpc) is 3.24. The summed E-state index contributed by atoms with van der Waals surface area (Å²) in [7, 11) is 1.62. The minimum absolute atomic E-state index is 0.0964. The fourth-order valence-electron chi connectivity index (χ4n) is 2.93. The Morgan fingerprint density at radius 1 is 1.48 bits per heavy atom. The number of hydrogen-bond donors (Lipinski definition) is 0. The molecule has 1 aliphatic heterocycles. The number of likely N-dealkylation sites (tertiary alicyclic amines) is 1. The molecule has 1 unspecified atom stereocenters. The summed E-state index contributed by atoms with van der Waals surface area (Å²) in [6, 6.07) is 7.43. The molecular formula is C17H21N3O3. The van der Waals surface area contributed by atoms with Crippen LogP contribution in [0.5, 0.6) is 5.75 Å². The van der Waals surface area contributed by atoms with Crippen molar-refractivity contribution in [2.24, 2.45) is 0 Å². The van der Waals surface area contributed by atoms with Gasteiger partial charge in [-0.25, -0.2) is 0 Å². The summed E-state index contributed by atoms with van der Waals surface area (Å²) < 4.78 is 10.7. The highest BCUT2D eigenvalue weighted by atomic mass is 16.5. The smallest absolute Gasteiger partial charge is 0.249 e. The molecule has 2 heterocycles. The van der Waals surface area contributed by atoms with E-state index in [1.807, 2.05) is 36.1 Å². The highest BCUT2D eigenvalue weighted by Crippen LogP contribution is 2.33. The maximum Gasteiger partial charge on any atom is 0.249 e. The fourth-order valence-corrected chi connectivity index (χ4v) is 2.93. The molecule has 1 aromatic carbocycles. The molecule has 0 N–H and O–H groups in total. The number of nitrogens with zero attached hydrogens (tertiary/aromatic N) is 3. The van der Waals surface area contributed by atoms with Gasteiger partial charge in [0.15, 0.2) is 0 Å². The van der Waals surface area contributed by atoms with Gasteiger partial charge in [-0.05, 0) is 31.4 Å². The maximum atomic E-state index is 12.2. The molecular weight excluding hydrogens is 294 g/mol. The van der Waals surface area contributed by atoms with Crippen molar-refractivity contribution in [2.45, 2.75) is 38.6 Å². The van der Waals surface area contributed by atoms with Crippen LogP contribution in [0.3, 0.4) is 0 Å². The molecule has 122 valence electrons. The number of rotatable bonds is 5. The van der Waals surface area contributed by atoms with E-state index in [9.17, 15) is 4.79 Å². The Balaban J connectivity index is 1.82. The minimum atomic E-state index is -0.0964. The first-order chi connectivity index (χ1) is 11.2. The number of carbonyl (C=O) groups is 1. The highest BCUT2D eigenvalue weighted by Gasteiger charge is 2.33. The lowest BCUT2D eigenvalue weighted by Gasteiger charge is -2.21. The molecule has 1 fully saturated rings. The summed E-state index contributed by atoms with van der Waals surface area (Å²) in [6.45, 7) is 2.77. The van der Waals surface area contributed by atoms with Gasteiger partial charge >= 0.3 is 0 Å². The number of benzene rings is 1. The van der Waals surface area contributed by atoms with Gasteiger partial charge in [0, 0.05) is 18.5 Å². The van der Waals surface area contributed by atoms with Crippen LogP contribution in [0.4, 0.5) is 0 Å². The molecule has 1 atom stereocenters. The zero-order chi connectivity index (χ0) is 16.2. The number of carbonyl (C=O) groups excluding carboxylic acids is 1. The Morgan fingerprint density at radius 2 is 2.35 bits per heavy atom. The number of aromatic nitrogens is 2. The summed E-state index contributed by atoms with van der Waals surface area (Å²) in [5.41, 5.74) is 0.837. The minimum Gasteiger partial charge on any atom is -0.497 e. The van der Waals surface area contributed by atoms with Crippen molar-refractivity contribution in [1.82, 2.24) is 15.0 Å². The molecule has 1 saturated heterocycles. The van der Waals surface area contributed by atoms with Crippen molar-refractivity contribution < 1.29 is 14.1 Å². The first kappa shape index (κ1) is 15.5. The molecule has 2 aromatic rings. The second kappa shape index (κ2) is 6.81. The molecule has 23 heavy (non-hydrogen) atoms. The van der Waals surface area contributed by atoms with E-state index in [2.05, 4.69) is 10.1 Å². The SMILES string of the molecule is CCCC(=O)N1CCCC1c1nc(-c2cccc(OC)c2)no1. The molecule has 0 spiro atoms. The van der Waals surface area contributed by atoms with Crippen LogP contribution < -0.4 is 4.74 Å². The average molecular weight is 315 g/mol. The summed E-state index contributed by atoms with van der Waals surface area (Å²) in [5.74, 6) is 1.95. The van der Waals surface area contributed by atoms with Gasteiger partial charge in [0.2, 0.25) is 17.6 Å². The van der Waals surface area contributed by atoms with Gasteiger partial charge in [0.1, 0.15) is 11.8 Å². The van der Waals surface area contributed by atoms with E-state index < -0.39 is 0 Å². The van der Waals surface area contributed by atoms with Crippen LogP contribution in [0.25, 0.3) is 11.4 Å². The van der Waals surface area contributed by atoms with Gasteiger partial charge in [-0.1, -0.05) is 24.2 Å². The Kier molecular flexibility index (Phi) is 4.60. The van der Waals surface area contributed by atoms with Crippen LogP contribution in [-0.4, -0.2) is 34.6 Å². The van der Waals surface area contributed by atoms with E-state index in [1.165, 1.54) is 0 Å². The molecule has 6 heteroatoms. The largest absolute Gasteiger partial charge is 0.497 e. The zero-order valence-electron chi connectivity index (χ0n) is 13.5. The van der Waals surface area contributed by atoms with E-state index in [0.717, 1.165) is 37.1 Å². The quantitative estimate of drug-likeness (QED) is 0.847. The third kappa shape index (κ3) is 3.21. The molecule has 3 rings (SSSR count). The van der Waals surface area contributed by atoms with E-state index in [-0.39, 0.29) is 11.9 Å². The molecule has 0 aliphatic carbocycles. The molecule has 1 amide bonds. The molecule has 0 saturated carbocycles. The van der Waals surface area contributed by atoms with Crippen LogP contribution in [0.2, 0.25) is 0 Å². The van der Waals surface area contributed by atoms with Crippen molar-refractivity contribution in [1.29, 1.82) is 0 Å². The normalized spacial score (nSPS) is 17.5. The topological polar surface area (TPSA) is 68.5 Å². The van der Waals surface area contributed by atoms with Crippen molar-refractivity contribution in [3.8, 4) is 17.1 Å². The lowest BCUT2D eigenvalue weighted by molar-refractivity contribution is -0.132. The van der Waals surface area contributed by atoms with Crippen molar-refractivity contribution in [3.63, 3.8) is 0 Å². The van der Waals surface area contributed by atoms with E-state index in [4.69, 9.17) is 9.26 Å². The third-order valence-electron chi connectivity index (χ3n) is 4.09. The number of amides is 1. The van der Waals surface area contributed by atoms with Gasteiger partial charge < -0.3 is 14.2 Å². The Morgan fingerprint density at radius 3 is 3.13 bits per heavy atom. The monoisotopic (exact) mass is 315 g/mol. The fraction of sp³-hybridized carbons (Fsp3) is 0.471. The number of ether oxygens (including phenoxy) is 1. The zero-order valence-corrected chi connectivity index (χ0v) is 13.5. The van der Waals surface area contributed by atoms with Crippen LogP contribution in [0, 0.1) is 0 Å². The molecule has 0 bridgehead atoms. The number of hydrogen-bond acceptors (Lipinski definition) is 5. The second-order valence-corrected chi connectivity index (χ2v) is 5.68. The highest BCUT2D eigenvalue weighted by molar-refractivity contribution is 5.76. The van der Waals surface area contributed by atoms with Crippen LogP contribution in [0.1, 0.15) is 44.5 Å². The number of methoxy groups -OCH3 is 1. The summed E-state index contributed by atoms with van der Waals surface area (Å²) >= 11 is 0. The molecule has 0 radical (unpaired) electrons. The summed E-state index contributed by atoms with van der Waals surface area (Å²) in [4.78, 5) is 18.6. The van der Waals surface area contributed by atoms with Crippen LogP contribution in [-0.2, 0) is 4.79 Å². The lowest BCUT2D eigenvalue weighted by atomic mass is 10.2. The molecule has 6 nitrogen and oxygen atoms in total. The van der Waals surface area contributed by atoms with E-state index in [0.29, 0.717) is 18.1 Å². The van der Waals surface area contributed by atoms with Gasteiger partial charge in [-0.2, -0.15) is 4.98 Å². The third-order valence-corrected chi connectivity index (χ3v) is 4.09. The Bertz CT molecular complexity index is 683. The Labute approximate surface area is 135 Å². The van der Waals surface area contributed by atoms with Gasteiger partial charge in [-0.3, -0.25) is 4.79 Å². The summed E-state index contributed by atoms with van der Waals surface area (Å²) in [6.07, 6.45) is 3.25. The first-order valence-corrected chi connectivity index (χ1v) is 8.00. The Hall–Kier alpha value is -2.37. The lowest BCUT2D eigenvalue weighted by Crippen LogP contribution is -2.30. The summed E-state index contributed by atoms with van der Waals surface area (Å²) in [5, 5.41) is 4.07. The van der Waals surface area contributed by atoms with Crippen LogP contribution in [0.15, 0.2) is 28.8 Å². The second-order valence-electron chi connectivity index (χ2n) is 5.68. The molecule has 1 aromatic heterocycles. The van der Waals surface area contributed by atoms with E-state index >= 15 is 0 Å².